The summed E-state index contributed by atoms with van der Waals surface area (Å²) in [5.41, 5.74) is 0.557. The first-order valence-corrected chi connectivity index (χ1v) is 9.03. The molecule has 0 aliphatic rings. The first-order valence-electron chi connectivity index (χ1n) is 5.18. The summed E-state index contributed by atoms with van der Waals surface area (Å²) in [6, 6.07) is 5.37. The second-order valence-corrected chi connectivity index (χ2v) is 8.94. The van der Waals surface area contributed by atoms with Crippen LogP contribution in [0.4, 0.5) is 4.39 Å². The summed E-state index contributed by atoms with van der Waals surface area (Å²) in [5, 5.41) is 0.281. The van der Waals surface area contributed by atoms with Crippen LogP contribution in [-0.4, -0.2) is 8.42 Å². The van der Waals surface area contributed by atoms with Gasteiger partial charge < -0.3 is 0 Å². The molecule has 0 unspecified atom stereocenters. The number of halogens is 4. The fourth-order valence-corrected chi connectivity index (χ4v) is 5.02. The fraction of sp³-hybridized carbons (Fsp3) is 0.0909. The Hall–Kier alpha value is -0.180. The largest absolute Gasteiger partial charge is 0.250 e. The molecule has 2 rings (SSSR count). The average molecular weight is 419 g/mol. The van der Waals surface area contributed by atoms with E-state index in [9.17, 15) is 12.8 Å². The predicted molar refractivity (Wildman–Crippen MR) is 82.5 cm³/mol. The van der Waals surface area contributed by atoms with Crippen LogP contribution in [0.1, 0.15) is 5.56 Å². The van der Waals surface area contributed by atoms with Gasteiger partial charge in [0.05, 0.1) is 13.8 Å². The maximum atomic E-state index is 13.0. The lowest BCUT2D eigenvalue weighted by Gasteiger charge is -2.05. The van der Waals surface area contributed by atoms with Crippen LogP contribution in [0.5, 0.6) is 0 Å². The predicted octanol–water partition coefficient (Wildman–Crippen LogP) is 4.44. The van der Waals surface area contributed by atoms with E-state index in [4.69, 9.17) is 23.2 Å². The van der Waals surface area contributed by atoms with Gasteiger partial charge >= 0.3 is 0 Å². The van der Waals surface area contributed by atoms with Crippen molar-refractivity contribution in [2.75, 3.05) is 0 Å². The van der Waals surface area contributed by atoms with Gasteiger partial charge in [0.25, 0.3) is 0 Å². The van der Waals surface area contributed by atoms with Gasteiger partial charge in [-0.2, -0.15) is 0 Å². The van der Waals surface area contributed by atoms with Crippen molar-refractivity contribution in [1.29, 1.82) is 0 Å². The van der Waals surface area contributed by atoms with E-state index in [-0.39, 0.29) is 15.8 Å². The molecule has 0 aliphatic heterocycles. The van der Waals surface area contributed by atoms with Crippen molar-refractivity contribution >= 4 is 60.5 Å². The van der Waals surface area contributed by atoms with E-state index in [0.29, 0.717) is 14.4 Å². The Balaban J connectivity index is 2.15. The van der Waals surface area contributed by atoms with Gasteiger partial charge in [-0.15, -0.1) is 11.3 Å². The number of benzene rings is 1. The summed E-state index contributed by atoms with van der Waals surface area (Å²) in [6.07, 6.45) is 0. The maximum absolute atomic E-state index is 13.0. The van der Waals surface area contributed by atoms with Gasteiger partial charge in [-0.1, -0.05) is 29.3 Å². The van der Waals surface area contributed by atoms with Crippen LogP contribution in [0.2, 0.25) is 10.0 Å². The smallest absolute Gasteiger partial charge is 0.206 e. The minimum Gasteiger partial charge on any atom is -0.206 e. The van der Waals surface area contributed by atoms with E-state index in [0.717, 1.165) is 11.3 Å². The molecule has 1 heterocycles. The lowest BCUT2D eigenvalue weighted by Crippen LogP contribution is -2.22. The van der Waals surface area contributed by atoms with Crippen LogP contribution < -0.4 is 4.72 Å². The van der Waals surface area contributed by atoms with Crippen molar-refractivity contribution in [1.82, 2.24) is 4.72 Å². The van der Waals surface area contributed by atoms with E-state index in [1.54, 1.807) is 0 Å². The Morgan fingerprint density at radius 3 is 2.50 bits per heavy atom. The molecule has 1 N–H and O–H groups in total. The first-order chi connectivity index (χ1) is 9.29. The molecule has 108 valence electrons. The average Bonchev–Trinajstić information content (AvgIpc) is 2.72. The van der Waals surface area contributed by atoms with Gasteiger partial charge in [0.15, 0.2) is 0 Å². The Kier molecular flexibility index (Phi) is 5.09. The van der Waals surface area contributed by atoms with E-state index >= 15 is 0 Å². The molecule has 1 aromatic carbocycles. The number of thiophene rings is 1. The minimum atomic E-state index is -3.67. The molecule has 9 heteroatoms. The van der Waals surface area contributed by atoms with Crippen molar-refractivity contribution in [3.05, 3.63) is 49.5 Å². The van der Waals surface area contributed by atoms with Crippen LogP contribution in [-0.2, 0) is 16.6 Å². The lowest BCUT2D eigenvalue weighted by atomic mass is 10.2. The normalized spacial score (nSPS) is 11.8. The van der Waals surface area contributed by atoms with Crippen molar-refractivity contribution in [2.45, 2.75) is 10.8 Å². The highest BCUT2D eigenvalue weighted by Crippen LogP contribution is 2.34. The number of sulfonamides is 1. The number of rotatable bonds is 4. The standard InChI is InChI=1S/C11H7BrCl2FNO2S2/c12-11-8(14)4-10(19-11)20(17,18)16-5-6-1-2-9(15)7(13)3-6/h1-4,16H,5H2. The molecular weight excluding hydrogens is 412 g/mol. The Bertz CT molecular complexity index is 729. The molecule has 2 aromatic rings. The molecule has 0 atom stereocenters. The molecule has 1 aromatic heterocycles. The van der Waals surface area contributed by atoms with Gasteiger partial charge in [-0.25, -0.2) is 17.5 Å². The zero-order valence-corrected chi connectivity index (χ0v) is 14.4. The molecule has 20 heavy (non-hydrogen) atoms. The molecule has 0 fully saturated rings. The second-order valence-electron chi connectivity index (χ2n) is 3.76. The van der Waals surface area contributed by atoms with E-state index in [2.05, 4.69) is 20.7 Å². The van der Waals surface area contributed by atoms with Gasteiger partial charge in [0, 0.05) is 6.54 Å². The third kappa shape index (κ3) is 3.72. The van der Waals surface area contributed by atoms with E-state index in [1.165, 1.54) is 24.3 Å². The minimum absolute atomic E-state index is 0.00940. The van der Waals surface area contributed by atoms with Crippen LogP contribution in [0.15, 0.2) is 32.3 Å². The Morgan fingerprint density at radius 1 is 1.25 bits per heavy atom. The van der Waals surface area contributed by atoms with E-state index < -0.39 is 15.8 Å². The van der Waals surface area contributed by atoms with Gasteiger partial charge in [0.1, 0.15) is 10.0 Å². The second kappa shape index (κ2) is 6.29. The SMILES string of the molecule is O=S(=O)(NCc1ccc(F)c(Cl)c1)c1cc(Cl)c(Br)s1. The third-order valence-corrected chi connectivity index (χ3v) is 6.98. The summed E-state index contributed by atoms with van der Waals surface area (Å²) < 4.78 is 40.1. The molecule has 0 radical (unpaired) electrons. The molecule has 0 bridgehead atoms. The molecular formula is C11H7BrCl2FNO2S2. The summed E-state index contributed by atoms with van der Waals surface area (Å²) in [6.45, 7) is 0.00940. The number of nitrogens with one attached hydrogen (secondary N) is 1. The third-order valence-electron chi connectivity index (χ3n) is 2.34. The summed E-state index contributed by atoms with van der Waals surface area (Å²) in [7, 11) is -3.67. The molecule has 0 saturated carbocycles. The van der Waals surface area contributed by atoms with Crippen LogP contribution in [0.3, 0.4) is 0 Å². The highest BCUT2D eigenvalue weighted by Gasteiger charge is 2.18. The lowest BCUT2D eigenvalue weighted by molar-refractivity contribution is 0.583. The van der Waals surface area contributed by atoms with Crippen molar-refractivity contribution in [3.63, 3.8) is 0 Å². The van der Waals surface area contributed by atoms with Crippen molar-refractivity contribution in [3.8, 4) is 0 Å². The number of hydrogen-bond donors (Lipinski definition) is 1. The highest BCUT2D eigenvalue weighted by molar-refractivity contribution is 9.11. The first kappa shape index (κ1) is 16.2. The topological polar surface area (TPSA) is 46.2 Å². The quantitative estimate of drug-likeness (QED) is 0.797. The van der Waals surface area contributed by atoms with Crippen LogP contribution in [0.25, 0.3) is 0 Å². The Morgan fingerprint density at radius 2 is 1.95 bits per heavy atom. The summed E-state index contributed by atoms with van der Waals surface area (Å²) in [5.74, 6) is -0.549. The Labute approximate surface area is 137 Å². The number of hydrogen-bond acceptors (Lipinski definition) is 3. The molecule has 0 amide bonds. The zero-order chi connectivity index (χ0) is 14.9. The van der Waals surface area contributed by atoms with Gasteiger partial charge in [-0.05, 0) is 39.7 Å². The maximum Gasteiger partial charge on any atom is 0.250 e. The van der Waals surface area contributed by atoms with Gasteiger partial charge in [0.2, 0.25) is 10.0 Å². The van der Waals surface area contributed by atoms with Crippen molar-refractivity contribution in [2.24, 2.45) is 0 Å². The van der Waals surface area contributed by atoms with E-state index in [1.807, 2.05) is 0 Å². The molecule has 0 aliphatic carbocycles. The summed E-state index contributed by atoms with van der Waals surface area (Å²) in [4.78, 5) is 0. The molecule has 0 spiro atoms. The van der Waals surface area contributed by atoms with Gasteiger partial charge in [-0.3, -0.25) is 0 Å². The molecule has 3 nitrogen and oxygen atoms in total. The zero-order valence-electron chi connectivity index (χ0n) is 9.66. The summed E-state index contributed by atoms with van der Waals surface area (Å²) >= 11 is 15.6. The molecule has 0 saturated heterocycles. The highest BCUT2D eigenvalue weighted by atomic mass is 79.9. The van der Waals surface area contributed by atoms with Crippen LogP contribution in [0, 0.1) is 5.82 Å². The fourth-order valence-electron chi connectivity index (χ4n) is 1.36. The van der Waals surface area contributed by atoms with Crippen LogP contribution >= 0.6 is 50.5 Å². The van der Waals surface area contributed by atoms with Crippen molar-refractivity contribution < 1.29 is 12.8 Å². The monoisotopic (exact) mass is 417 g/mol.